The number of benzene rings is 1. The Morgan fingerprint density at radius 2 is 2.05 bits per heavy atom. The van der Waals surface area contributed by atoms with Crippen molar-refractivity contribution < 1.29 is 19.1 Å². The van der Waals surface area contributed by atoms with Gasteiger partial charge in [0.25, 0.3) is 5.91 Å². The van der Waals surface area contributed by atoms with E-state index in [4.69, 9.17) is 5.11 Å². The van der Waals surface area contributed by atoms with E-state index >= 15 is 0 Å². The molecule has 1 aromatic carbocycles. The van der Waals surface area contributed by atoms with Crippen LogP contribution in [0.4, 0.5) is 4.39 Å². The van der Waals surface area contributed by atoms with Crippen molar-refractivity contribution in [3.8, 4) is 0 Å². The van der Waals surface area contributed by atoms with Crippen molar-refractivity contribution in [1.29, 1.82) is 0 Å². The molecular weight excluding hydrogens is 249 g/mol. The Morgan fingerprint density at radius 3 is 2.58 bits per heavy atom. The molecule has 2 N–H and O–H groups in total. The molecule has 0 heterocycles. The fourth-order valence-electron chi connectivity index (χ4n) is 1.72. The van der Waals surface area contributed by atoms with Crippen LogP contribution >= 0.6 is 0 Å². The molecule has 0 bridgehead atoms. The van der Waals surface area contributed by atoms with Crippen LogP contribution in [0.1, 0.15) is 36.2 Å². The average molecular weight is 267 g/mol. The van der Waals surface area contributed by atoms with Crippen LogP contribution in [-0.4, -0.2) is 23.0 Å². The highest BCUT2D eigenvalue weighted by Crippen LogP contribution is 2.13. The number of nitrogens with one attached hydrogen (secondary N) is 1. The summed E-state index contributed by atoms with van der Waals surface area (Å²) in [4.78, 5) is 23.0. The van der Waals surface area contributed by atoms with Gasteiger partial charge < -0.3 is 10.4 Å². The minimum absolute atomic E-state index is 0.130. The van der Waals surface area contributed by atoms with Gasteiger partial charge in [-0.05, 0) is 25.0 Å². The first-order chi connectivity index (χ1) is 8.86. The molecule has 0 aliphatic carbocycles. The lowest BCUT2D eigenvalue weighted by atomic mass is 9.98. The summed E-state index contributed by atoms with van der Waals surface area (Å²) in [5.41, 5.74) is 0.608. The molecular formula is C14H18FNO3. The number of carboxylic acid groups (broad SMARTS) is 1. The lowest BCUT2D eigenvalue weighted by Gasteiger charge is -2.20. The van der Waals surface area contributed by atoms with E-state index in [1.807, 2.05) is 6.92 Å². The second-order valence-corrected chi connectivity index (χ2v) is 4.66. The third-order valence-corrected chi connectivity index (χ3v) is 3.13. The molecule has 5 heteroatoms. The molecule has 0 unspecified atom stereocenters. The molecule has 4 nitrogen and oxygen atoms in total. The van der Waals surface area contributed by atoms with Gasteiger partial charge in [0.2, 0.25) is 0 Å². The zero-order chi connectivity index (χ0) is 14.6. The number of rotatable bonds is 5. The first-order valence-electron chi connectivity index (χ1n) is 6.16. The molecule has 0 aliphatic heterocycles. The molecule has 1 amide bonds. The van der Waals surface area contributed by atoms with Gasteiger partial charge in [-0.15, -0.1) is 0 Å². The zero-order valence-corrected chi connectivity index (χ0v) is 11.2. The summed E-state index contributed by atoms with van der Waals surface area (Å²) < 4.78 is 13.5. The van der Waals surface area contributed by atoms with Gasteiger partial charge in [0.05, 0.1) is 5.56 Å². The number of carboxylic acids is 1. The number of carbonyl (C=O) groups excluding carboxylic acids is 1. The molecule has 0 aliphatic rings. The monoisotopic (exact) mass is 267 g/mol. The number of hydrogen-bond donors (Lipinski definition) is 2. The van der Waals surface area contributed by atoms with E-state index in [9.17, 15) is 14.0 Å². The van der Waals surface area contributed by atoms with Crippen molar-refractivity contribution in [2.45, 2.75) is 33.2 Å². The maximum Gasteiger partial charge on any atom is 0.326 e. The lowest BCUT2D eigenvalue weighted by molar-refractivity contribution is -0.140. The van der Waals surface area contributed by atoms with Gasteiger partial charge >= 0.3 is 5.97 Å². The molecule has 0 fully saturated rings. The van der Waals surface area contributed by atoms with Crippen molar-refractivity contribution in [2.75, 3.05) is 0 Å². The van der Waals surface area contributed by atoms with Gasteiger partial charge in [-0.2, -0.15) is 0 Å². The predicted molar refractivity (Wildman–Crippen MR) is 69.5 cm³/mol. The highest BCUT2D eigenvalue weighted by atomic mass is 19.1. The summed E-state index contributed by atoms with van der Waals surface area (Å²) in [5.74, 6) is -2.70. The SMILES string of the molecule is CC[C@H](C)[C@H](NC(=O)c1cc(C)ccc1F)C(=O)O. The Morgan fingerprint density at radius 1 is 1.42 bits per heavy atom. The number of carbonyl (C=O) groups is 2. The lowest BCUT2D eigenvalue weighted by Crippen LogP contribution is -2.45. The first-order valence-corrected chi connectivity index (χ1v) is 6.16. The molecule has 0 saturated heterocycles. The Balaban J connectivity index is 2.94. The van der Waals surface area contributed by atoms with Crippen LogP contribution in [0.15, 0.2) is 18.2 Å². The maximum absolute atomic E-state index is 13.5. The molecule has 1 rings (SSSR count). The topological polar surface area (TPSA) is 66.4 Å². The van der Waals surface area contributed by atoms with Crippen LogP contribution < -0.4 is 5.32 Å². The second kappa shape index (κ2) is 6.31. The molecule has 104 valence electrons. The highest BCUT2D eigenvalue weighted by molar-refractivity contribution is 5.97. The van der Waals surface area contributed by atoms with Gasteiger partial charge in [-0.25, -0.2) is 9.18 Å². The summed E-state index contributed by atoms with van der Waals surface area (Å²) in [6.45, 7) is 5.30. The zero-order valence-electron chi connectivity index (χ0n) is 11.2. The standard InChI is InChI=1S/C14H18FNO3/c1-4-9(3)12(14(18)19)16-13(17)10-7-8(2)5-6-11(10)15/h5-7,9,12H,4H2,1-3H3,(H,16,17)(H,18,19)/t9-,12-/m0/s1. The van der Waals surface area contributed by atoms with Gasteiger partial charge in [-0.1, -0.05) is 31.9 Å². The summed E-state index contributed by atoms with van der Waals surface area (Å²) in [6, 6.07) is 3.14. The fraction of sp³-hybridized carbons (Fsp3) is 0.429. The van der Waals surface area contributed by atoms with E-state index in [1.54, 1.807) is 19.9 Å². The maximum atomic E-state index is 13.5. The van der Waals surface area contributed by atoms with Crippen molar-refractivity contribution in [1.82, 2.24) is 5.32 Å². The van der Waals surface area contributed by atoms with Crippen LogP contribution in [0.2, 0.25) is 0 Å². The van der Waals surface area contributed by atoms with Crippen LogP contribution in [0, 0.1) is 18.7 Å². The van der Waals surface area contributed by atoms with E-state index in [0.717, 1.165) is 5.56 Å². The highest BCUT2D eigenvalue weighted by Gasteiger charge is 2.26. The Labute approximate surface area is 111 Å². The quantitative estimate of drug-likeness (QED) is 0.860. The third-order valence-electron chi connectivity index (χ3n) is 3.13. The number of aliphatic carboxylic acids is 1. The van der Waals surface area contributed by atoms with Crippen molar-refractivity contribution in [3.63, 3.8) is 0 Å². The Kier molecular flexibility index (Phi) is 5.03. The normalized spacial score (nSPS) is 13.7. The van der Waals surface area contributed by atoms with Crippen LogP contribution in [-0.2, 0) is 4.79 Å². The number of halogens is 1. The molecule has 2 atom stereocenters. The van der Waals surface area contributed by atoms with Gasteiger partial charge in [0, 0.05) is 0 Å². The molecule has 0 saturated carbocycles. The molecule has 0 aromatic heterocycles. The van der Waals surface area contributed by atoms with Gasteiger partial charge in [-0.3, -0.25) is 4.79 Å². The predicted octanol–water partition coefficient (Wildman–Crippen LogP) is 2.36. The van der Waals surface area contributed by atoms with E-state index in [2.05, 4.69) is 5.32 Å². The fourth-order valence-corrected chi connectivity index (χ4v) is 1.72. The summed E-state index contributed by atoms with van der Waals surface area (Å²) in [6.07, 6.45) is 0.605. The molecule has 1 aromatic rings. The second-order valence-electron chi connectivity index (χ2n) is 4.66. The van der Waals surface area contributed by atoms with Crippen molar-refractivity contribution in [2.24, 2.45) is 5.92 Å². The number of amides is 1. The summed E-state index contributed by atoms with van der Waals surface area (Å²) >= 11 is 0. The molecule has 0 radical (unpaired) electrons. The Hall–Kier alpha value is -1.91. The van der Waals surface area contributed by atoms with Gasteiger partial charge in [0.1, 0.15) is 11.9 Å². The van der Waals surface area contributed by atoms with Crippen LogP contribution in [0.5, 0.6) is 0 Å². The van der Waals surface area contributed by atoms with E-state index in [1.165, 1.54) is 12.1 Å². The number of aryl methyl sites for hydroxylation is 1. The number of hydrogen-bond acceptors (Lipinski definition) is 2. The minimum atomic E-state index is -1.12. The molecule has 19 heavy (non-hydrogen) atoms. The van der Waals surface area contributed by atoms with E-state index in [-0.39, 0.29) is 11.5 Å². The van der Waals surface area contributed by atoms with E-state index in [0.29, 0.717) is 6.42 Å². The summed E-state index contributed by atoms with van der Waals surface area (Å²) in [7, 11) is 0. The first kappa shape index (κ1) is 15.1. The molecule has 0 spiro atoms. The average Bonchev–Trinajstić information content (AvgIpc) is 2.37. The third kappa shape index (κ3) is 3.77. The summed E-state index contributed by atoms with van der Waals surface area (Å²) in [5, 5.41) is 11.5. The van der Waals surface area contributed by atoms with Crippen molar-refractivity contribution in [3.05, 3.63) is 35.1 Å². The van der Waals surface area contributed by atoms with Crippen LogP contribution in [0.3, 0.4) is 0 Å². The smallest absolute Gasteiger partial charge is 0.326 e. The van der Waals surface area contributed by atoms with Crippen molar-refractivity contribution >= 4 is 11.9 Å². The van der Waals surface area contributed by atoms with E-state index < -0.39 is 23.7 Å². The minimum Gasteiger partial charge on any atom is -0.480 e. The van der Waals surface area contributed by atoms with Gasteiger partial charge in [0.15, 0.2) is 0 Å². The van der Waals surface area contributed by atoms with Crippen LogP contribution in [0.25, 0.3) is 0 Å². The Bertz CT molecular complexity index is 488. The largest absolute Gasteiger partial charge is 0.480 e.